The first-order valence-corrected chi connectivity index (χ1v) is 13.1. The molecule has 3 aromatic heterocycles. The van der Waals surface area contributed by atoms with Crippen molar-refractivity contribution in [3.63, 3.8) is 0 Å². The van der Waals surface area contributed by atoms with Gasteiger partial charge in [-0.2, -0.15) is 5.10 Å². The summed E-state index contributed by atoms with van der Waals surface area (Å²) >= 11 is 0. The van der Waals surface area contributed by atoms with Crippen molar-refractivity contribution < 1.29 is 9.18 Å². The highest BCUT2D eigenvalue weighted by Gasteiger charge is 2.23. The Morgan fingerprint density at radius 2 is 1.74 bits per heavy atom. The van der Waals surface area contributed by atoms with Gasteiger partial charge >= 0.3 is 0 Å². The van der Waals surface area contributed by atoms with E-state index in [0.717, 1.165) is 58.8 Å². The van der Waals surface area contributed by atoms with E-state index in [0.29, 0.717) is 28.3 Å². The zero-order valence-corrected chi connectivity index (χ0v) is 21.0. The van der Waals surface area contributed by atoms with Crippen molar-refractivity contribution in [3.05, 3.63) is 84.9 Å². The standard InChI is InChI=1S/C31H25FN6O/c32-25-10-4-3-8-22(25)23-9-5-11-27-28(23)36-30(35-27)29-24-15-19(12-13-26(24)37-38-29)20-14-21(17-33-16-20)34-31(39)18-6-1-2-7-18/h3-5,8-18H,1-2,6-7H2,(H,34,39)(H,35,36)(H,37,38). The predicted octanol–water partition coefficient (Wildman–Crippen LogP) is 7.10. The molecular weight excluding hydrogens is 491 g/mol. The summed E-state index contributed by atoms with van der Waals surface area (Å²) in [5, 5.41) is 11.6. The highest BCUT2D eigenvalue weighted by atomic mass is 19.1. The number of pyridine rings is 1. The molecule has 0 radical (unpaired) electrons. The highest BCUT2D eigenvalue weighted by molar-refractivity contribution is 5.99. The number of anilines is 1. The number of amides is 1. The summed E-state index contributed by atoms with van der Waals surface area (Å²) in [6, 6.07) is 20.3. The number of nitrogens with zero attached hydrogens (tertiary/aromatic N) is 3. The molecule has 0 unspecified atom stereocenters. The van der Waals surface area contributed by atoms with E-state index < -0.39 is 0 Å². The lowest BCUT2D eigenvalue weighted by Gasteiger charge is -2.11. The Kier molecular flexibility index (Phi) is 5.65. The van der Waals surface area contributed by atoms with Crippen LogP contribution in [0.4, 0.5) is 10.1 Å². The Hall–Kier alpha value is -4.85. The Morgan fingerprint density at radius 1 is 0.897 bits per heavy atom. The van der Waals surface area contributed by atoms with Gasteiger partial charge in [0.15, 0.2) is 5.82 Å². The molecule has 8 heteroatoms. The van der Waals surface area contributed by atoms with E-state index in [1.165, 1.54) is 6.07 Å². The van der Waals surface area contributed by atoms with Crippen LogP contribution in [0, 0.1) is 11.7 Å². The van der Waals surface area contributed by atoms with Crippen molar-refractivity contribution in [1.29, 1.82) is 0 Å². The van der Waals surface area contributed by atoms with Gasteiger partial charge in [-0.05, 0) is 48.7 Å². The molecule has 3 heterocycles. The molecule has 7 nitrogen and oxygen atoms in total. The van der Waals surface area contributed by atoms with Gasteiger partial charge in [-0.25, -0.2) is 9.37 Å². The third-order valence-electron chi connectivity index (χ3n) is 7.53. The van der Waals surface area contributed by atoms with Crippen molar-refractivity contribution in [2.24, 2.45) is 5.92 Å². The zero-order chi connectivity index (χ0) is 26.3. The maximum atomic E-state index is 14.6. The summed E-state index contributed by atoms with van der Waals surface area (Å²) in [6.45, 7) is 0. The number of fused-ring (bicyclic) bond motifs is 2. The minimum atomic E-state index is -0.292. The summed E-state index contributed by atoms with van der Waals surface area (Å²) in [5.41, 5.74) is 6.75. The SMILES string of the molecule is O=C(Nc1cncc(-c2ccc3[nH]nc(-c4nc5c(-c6ccccc6F)cccc5[nH]4)c3c2)c1)C1CCCC1. The van der Waals surface area contributed by atoms with Gasteiger partial charge in [0.2, 0.25) is 5.91 Å². The van der Waals surface area contributed by atoms with Crippen LogP contribution in [0.5, 0.6) is 0 Å². The number of aromatic nitrogens is 5. The van der Waals surface area contributed by atoms with Gasteiger partial charge in [0.25, 0.3) is 0 Å². The van der Waals surface area contributed by atoms with Crippen LogP contribution >= 0.6 is 0 Å². The molecule has 1 saturated carbocycles. The summed E-state index contributed by atoms with van der Waals surface area (Å²) in [6.07, 6.45) is 7.58. The molecule has 1 fully saturated rings. The number of halogens is 1. The fraction of sp³-hybridized carbons (Fsp3) is 0.161. The first kappa shape index (κ1) is 23.3. The molecule has 1 aliphatic carbocycles. The topological polar surface area (TPSA) is 99.3 Å². The second kappa shape index (κ2) is 9.47. The Morgan fingerprint density at radius 3 is 2.62 bits per heavy atom. The van der Waals surface area contributed by atoms with Crippen molar-refractivity contribution in [1.82, 2.24) is 25.1 Å². The molecule has 3 N–H and O–H groups in total. The minimum Gasteiger partial charge on any atom is -0.337 e. The zero-order valence-electron chi connectivity index (χ0n) is 21.0. The van der Waals surface area contributed by atoms with Crippen LogP contribution < -0.4 is 5.32 Å². The van der Waals surface area contributed by atoms with Crippen LogP contribution in [0.1, 0.15) is 25.7 Å². The van der Waals surface area contributed by atoms with E-state index in [2.05, 4.69) is 25.5 Å². The van der Waals surface area contributed by atoms with Gasteiger partial charge in [0.1, 0.15) is 11.5 Å². The average Bonchev–Trinajstić information content (AvgIpc) is 3.73. The van der Waals surface area contributed by atoms with E-state index in [9.17, 15) is 9.18 Å². The first-order chi connectivity index (χ1) is 19.1. The maximum Gasteiger partial charge on any atom is 0.227 e. The lowest BCUT2D eigenvalue weighted by atomic mass is 10.0. The van der Waals surface area contributed by atoms with E-state index in [4.69, 9.17) is 4.98 Å². The van der Waals surface area contributed by atoms with Crippen LogP contribution in [-0.4, -0.2) is 31.1 Å². The summed E-state index contributed by atoms with van der Waals surface area (Å²) in [5.74, 6) is 0.451. The highest BCUT2D eigenvalue weighted by Crippen LogP contribution is 2.34. The molecule has 0 aliphatic heterocycles. The normalized spacial score (nSPS) is 13.9. The van der Waals surface area contributed by atoms with E-state index in [1.54, 1.807) is 24.5 Å². The number of carbonyl (C=O) groups is 1. The molecular formula is C31H25FN6O. The van der Waals surface area contributed by atoms with Gasteiger partial charge in [-0.3, -0.25) is 14.9 Å². The van der Waals surface area contributed by atoms with Crippen molar-refractivity contribution >= 4 is 33.5 Å². The molecule has 3 aromatic carbocycles. The fourth-order valence-corrected chi connectivity index (χ4v) is 5.51. The Labute approximate surface area is 223 Å². The second-order valence-corrected chi connectivity index (χ2v) is 10.0. The quantitative estimate of drug-likeness (QED) is 0.227. The Bertz CT molecular complexity index is 1850. The van der Waals surface area contributed by atoms with Crippen LogP contribution in [0.15, 0.2) is 79.1 Å². The minimum absolute atomic E-state index is 0.0682. The van der Waals surface area contributed by atoms with Crippen molar-refractivity contribution in [3.8, 4) is 33.8 Å². The van der Waals surface area contributed by atoms with Crippen molar-refractivity contribution in [2.75, 3.05) is 5.32 Å². The van der Waals surface area contributed by atoms with Crippen LogP contribution in [0.2, 0.25) is 0 Å². The van der Waals surface area contributed by atoms with Gasteiger partial charge < -0.3 is 10.3 Å². The molecule has 7 rings (SSSR count). The molecule has 1 aliphatic rings. The van der Waals surface area contributed by atoms with E-state index >= 15 is 0 Å². The number of hydrogen-bond donors (Lipinski definition) is 3. The van der Waals surface area contributed by atoms with E-state index in [1.807, 2.05) is 48.5 Å². The van der Waals surface area contributed by atoms with Crippen LogP contribution in [0.25, 0.3) is 55.7 Å². The van der Waals surface area contributed by atoms with Gasteiger partial charge in [0.05, 0.1) is 28.4 Å². The number of carbonyl (C=O) groups excluding carboxylic acids is 1. The molecule has 0 atom stereocenters. The van der Waals surface area contributed by atoms with Crippen LogP contribution in [-0.2, 0) is 4.79 Å². The second-order valence-electron chi connectivity index (χ2n) is 10.0. The first-order valence-electron chi connectivity index (χ1n) is 13.1. The van der Waals surface area contributed by atoms with Gasteiger partial charge in [-0.1, -0.05) is 49.2 Å². The number of hydrogen-bond acceptors (Lipinski definition) is 4. The lowest BCUT2D eigenvalue weighted by Crippen LogP contribution is -2.20. The molecule has 1 amide bonds. The number of benzene rings is 3. The largest absolute Gasteiger partial charge is 0.337 e. The fourth-order valence-electron chi connectivity index (χ4n) is 5.51. The number of H-pyrrole nitrogens is 2. The monoisotopic (exact) mass is 516 g/mol. The lowest BCUT2D eigenvalue weighted by molar-refractivity contribution is -0.119. The molecule has 192 valence electrons. The summed E-state index contributed by atoms with van der Waals surface area (Å²) in [4.78, 5) is 25.2. The molecule has 39 heavy (non-hydrogen) atoms. The number of nitrogens with one attached hydrogen (secondary N) is 3. The van der Waals surface area contributed by atoms with Crippen molar-refractivity contribution in [2.45, 2.75) is 25.7 Å². The third-order valence-corrected chi connectivity index (χ3v) is 7.53. The smallest absolute Gasteiger partial charge is 0.227 e. The number of para-hydroxylation sites is 1. The maximum absolute atomic E-state index is 14.6. The molecule has 0 saturated heterocycles. The third kappa shape index (κ3) is 4.24. The van der Waals surface area contributed by atoms with E-state index in [-0.39, 0.29) is 17.6 Å². The summed E-state index contributed by atoms with van der Waals surface area (Å²) in [7, 11) is 0. The molecule has 0 bridgehead atoms. The predicted molar refractivity (Wildman–Crippen MR) is 150 cm³/mol. The Balaban J connectivity index is 1.25. The average molecular weight is 517 g/mol. The number of aromatic amines is 2. The summed E-state index contributed by atoms with van der Waals surface area (Å²) < 4.78 is 14.6. The number of rotatable bonds is 5. The molecule has 6 aromatic rings. The molecule has 0 spiro atoms. The van der Waals surface area contributed by atoms with Gasteiger partial charge in [-0.15, -0.1) is 0 Å². The number of imidazole rings is 1. The van der Waals surface area contributed by atoms with Gasteiger partial charge in [0, 0.05) is 34.2 Å². The van der Waals surface area contributed by atoms with Crippen LogP contribution in [0.3, 0.4) is 0 Å².